The van der Waals surface area contributed by atoms with Crippen LogP contribution in [0.5, 0.6) is 17.2 Å². The van der Waals surface area contributed by atoms with Gasteiger partial charge in [0.25, 0.3) is 5.91 Å². The zero-order chi connectivity index (χ0) is 23.7. The molecule has 1 heterocycles. The lowest BCUT2D eigenvalue weighted by atomic mass is 10.1. The van der Waals surface area contributed by atoms with Crippen LogP contribution in [0.2, 0.25) is 0 Å². The predicted octanol–water partition coefficient (Wildman–Crippen LogP) is 4.24. The lowest BCUT2D eigenvalue weighted by molar-refractivity contribution is 0.102. The molecule has 3 aromatic carbocycles. The van der Waals surface area contributed by atoms with Crippen molar-refractivity contribution in [2.75, 3.05) is 19.5 Å². The number of phenols is 1. The van der Waals surface area contributed by atoms with Crippen molar-refractivity contribution in [3.8, 4) is 22.9 Å². The molecule has 0 radical (unpaired) electrons. The standard InChI is InChI=1S/C24H18F2N2O5/c1-32-18-8-16(9-19(11-18)33-2)28-12-21(23(30)20-4-3-17(29)10-22(20)28)24(31)27-15-6-13(25)5-14(26)7-15/h3-12,29H,1-2H3,(H,27,31). The number of nitrogens with one attached hydrogen (secondary N) is 1. The summed E-state index contributed by atoms with van der Waals surface area (Å²) in [4.78, 5) is 26.0. The summed E-state index contributed by atoms with van der Waals surface area (Å²) >= 11 is 0. The molecule has 168 valence electrons. The summed E-state index contributed by atoms with van der Waals surface area (Å²) in [6.45, 7) is 0. The van der Waals surface area contributed by atoms with E-state index in [0.717, 1.165) is 12.1 Å². The Hall–Kier alpha value is -4.40. The summed E-state index contributed by atoms with van der Waals surface area (Å²) in [6, 6.07) is 11.6. The van der Waals surface area contributed by atoms with Crippen LogP contribution >= 0.6 is 0 Å². The van der Waals surface area contributed by atoms with E-state index in [2.05, 4.69) is 5.32 Å². The van der Waals surface area contributed by atoms with Gasteiger partial charge in [0.15, 0.2) is 0 Å². The van der Waals surface area contributed by atoms with Crippen molar-refractivity contribution in [3.63, 3.8) is 0 Å². The van der Waals surface area contributed by atoms with Crippen molar-refractivity contribution >= 4 is 22.5 Å². The van der Waals surface area contributed by atoms with E-state index < -0.39 is 23.0 Å². The minimum atomic E-state index is -0.875. The average molecular weight is 452 g/mol. The van der Waals surface area contributed by atoms with E-state index in [-0.39, 0.29) is 22.4 Å². The van der Waals surface area contributed by atoms with Crippen LogP contribution in [-0.4, -0.2) is 29.8 Å². The number of hydrogen-bond acceptors (Lipinski definition) is 5. The molecule has 0 fully saturated rings. The molecule has 0 unspecified atom stereocenters. The number of aromatic hydroxyl groups is 1. The van der Waals surface area contributed by atoms with E-state index in [1.165, 1.54) is 43.2 Å². The Morgan fingerprint density at radius 2 is 1.58 bits per heavy atom. The van der Waals surface area contributed by atoms with E-state index in [0.29, 0.717) is 28.8 Å². The van der Waals surface area contributed by atoms with Gasteiger partial charge in [-0.15, -0.1) is 0 Å². The molecule has 4 rings (SSSR count). The van der Waals surface area contributed by atoms with Gasteiger partial charge in [0.1, 0.15) is 34.4 Å². The fourth-order valence-corrected chi connectivity index (χ4v) is 3.45. The molecule has 0 aliphatic rings. The molecule has 0 aliphatic carbocycles. The number of amides is 1. The largest absolute Gasteiger partial charge is 0.508 e. The number of rotatable bonds is 5. The third-order valence-corrected chi connectivity index (χ3v) is 4.97. The second-order valence-electron chi connectivity index (χ2n) is 7.13. The molecule has 0 atom stereocenters. The Balaban J connectivity index is 1.92. The molecule has 9 heteroatoms. The third-order valence-electron chi connectivity index (χ3n) is 4.97. The minimum Gasteiger partial charge on any atom is -0.508 e. The number of carbonyl (C=O) groups is 1. The Morgan fingerprint density at radius 3 is 2.18 bits per heavy atom. The number of carbonyl (C=O) groups excluding carboxylic acids is 1. The summed E-state index contributed by atoms with van der Waals surface area (Å²) in [6.07, 6.45) is 1.28. The smallest absolute Gasteiger partial charge is 0.261 e. The molecule has 7 nitrogen and oxygen atoms in total. The summed E-state index contributed by atoms with van der Waals surface area (Å²) in [7, 11) is 2.95. The number of benzene rings is 3. The first-order valence-electron chi connectivity index (χ1n) is 9.68. The molecular formula is C24H18F2N2O5. The molecule has 1 amide bonds. The van der Waals surface area contributed by atoms with Crippen molar-refractivity contribution in [3.05, 3.63) is 88.2 Å². The lowest BCUT2D eigenvalue weighted by Gasteiger charge is -2.16. The Morgan fingerprint density at radius 1 is 0.939 bits per heavy atom. The fraction of sp³-hybridized carbons (Fsp3) is 0.0833. The maximum absolute atomic E-state index is 13.5. The van der Waals surface area contributed by atoms with Crippen LogP contribution in [-0.2, 0) is 0 Å². The Bertz CT molecular complexity index is 1410. The minimum absolute atomic E-state index is 0.0852. The van der Waals surface area contributed by atoms with Gasteiger partial charge in [-0.05, 0) is 24.3 Å². The molecule has 0 spiro atoms. The summed E-state index contributed by atoms with van der Waals surface area (Å²) in [5.74, 6) is -1.78. The maximum Gasteiger partial charge on any atom is 0.261 e. The maximum atomic E-state index is 13.5. The molecular weight excluding hydrogens is 434 g/mol. The van der Waals surface area contributed by atoms with Crippen LogP contribution in [0.15, 0.2) is 65.6 Å². The summed E-state index contributed by atoms with van der Waals surface area (Å²) < 4.78 is 39.2. The number of aromatic nitrogens is 1. The van der Waals surface area contributed by atoms with Gasteiger partial charge in [-0.2, -0.15) is 0 Å². The first-order chi connectivity index (χ1) is 15.8. The monoisotopic (exact) mass is 452 g/mol. The second-order valence-corrected chi connectivity index (χ2v) is 7.13. The normalized spacial score (nSPS) is 10.8. The molecule has 0 bridgehead atoms. The van der Waals surface area contributed by atoms with Crippen LogP contribution in [0.3, 0.4) is 0 Å². The van der Waals surface area contributed by atoms with E-state index in [1.54, 1.807) is 18.2 Å². The predicted molar refractivity (Wildman–Crippen MR) is 119 cm³/mol. The number of hydrogen-bond donors (Lipinski definition) is 2. The highest BCUT2D eigenvalue weighted by molar-refractivity contribution is 6.06. The van der Waals surface area contributed by atoms with Crippen LogP contribution in [0.4, 0.5) is 14.5 Å². The van der Waals surface area contributed by atoms with Gasteiger partial charge in [0.05, 0.1) is 25.4 Å². The van der Waals surface area contributed by atoms with Gasteiger partial charge in [-0.3, -0.25) is 9.59 Å². The van der Waals surface area contributed by atoms with Gasteiger partial charge in [-0.1, -0.05) is 0 Å². The van der Waals surface area contributed by atoms with E-state index in [9.17, 15) is 23.5 Å². The molecule has 4 aromatic rings. The number of ether oxygens (including phenoxy) is 2. The first kappa shape index (κ1) is 21.8. The number of pyridine rings is 1. The zero-order valence-corrected chi connectivity index (χ0v) is 17.6. The second kappa shape index (κ2) is 8.62. The van der Waals surface area contributed by atoms with Crippen LogP contribution < -0.4 is 20.2 Å². The number of phenolic OH excluding ortho intramolecular Hbond substituents is 1. The highest BCUT2D eigenvalue weighted by Crippen LogP contribution is 2.28. The highest BCUT2D eigenvalue weighted by atomic mass is 19.1. The van der Waals surface area contributed by atoms with Gasteiger partial charge in [0, 0.05) is 47.6 Å². The highest BCUT2D eigenvalue weighted by Gasteiger charge is 2.18. The van der Waals surface area contributed by atoms with Crippen LogP contribution in [0.25, 0.3) is 16.6 Å². The number of anilines is 1. The number of fused-ring (bicyclic) bond motifs is 1. The van der Waals surface area contributed by atoms with Gasteiger partial charge < -0.3 is 24.5 Å². The SMILES string of the molecule is COc1cc(OC)cc(-n2cc(C(=O)Nc3cc(F)cc(F)c3)c(=O)c3ccc(O)cc32)c1. The van der Waals surface area contributed by atoms with Gasteiger partial charge >= 0.3 is 0 Å². The summed E-state index contributed by atoms with van der Waals surface area (Å²) in [5.41, 5.74) is -0.237. The Labute approximate surface area is 186 Å². The fourth-order valence-electron chi connectivity index (χ4n) is 3.45. The van der Waals surface area contributed by atoms with Crippen molar-refractivity contribution in [2.45, 2.75) is 0 Å². The molecule has 0 aliphatic heterocycles. The molecule has 0 saturated carbocycles. The lowest BCUT2D eigenvalue weighted by Crippen LogP contribution is -2.23. The molecule has 2 N–H and O–H groups in total. The first-order valence-corrected chi connectivity index (χ1v) is 9.68. The van der Waals surface area contributed by atoms with E-state index in [4.69, 9.17) is 9.47 Å². The van der Waals surface area contributed by atoms with E-state index in [1.807, 2.05) is 0 Å². The average Bonchev–Trinajstić information content (AvgIpc) is 2.78. The zero-order valence-electron chi connectivity index (χ0n) is 17.6. The topological polar surface area (TPSA) is 89.8 Å². The molecule has 0 saturated heterocycles. The molecule has 33 heavy (non-hydrogen) atoms. The number of methoxy groups -OCH3 is 2. The molecule has 1 aromatic heterocycles. The van der Waals surface area contributed by atoms with Gasteiger partial charge in [-0.25, -0.2) is 8.78 Å². The third kappa shape index (κ3) is 4.33. The summed E-state index contributed by atoms with van der Waals surface area (Å²) in [5, 5.41) is 12.5. The van der Waals surface area contributed by atoms with Crippen molar-refractivity contribution in [1.82, 2.24) is 4.57 Å². The van der Waals surface area contributed by atoms with E-state index >= 15 is 0 Å². The van der Waals surface area contributed by atoms with Crippen molar-refractivity contribution < 1.29 is 28.2 Å². The number of nitrogens with zero attached hydrogens (tertiary/aromatic N) is 1. The van der Waals surface area contributed by atoms with Crippen molar-refractivity contribution in [1.29, 1.82) is 0 Å². The van der Waals surface area contributed by atoms with Crippen molar-refractivity contribution in [2.24, 2.45) is 0 Å². The van der Waals surface area contributed by atoms with Crippen LogP contribution in [0.1, 0.15) is 10.4 Å². The van der Waals surface area contributed by atoms with Crippen LogP contribution in [0, 0.1) is 11.6 Å². The Kier molecular flexibility index (Phi) is 5.70. The van der Waals surface area contributed by atoms with Gasteiger partial charge in [0.2, 0.25) is 5.43 Å². The number of halogens is 2. The quantitative estimate of drug-likeness (QED) is 0.473.